The van der Waals surface area contributed by atoms with E-state index in [9.17, 15) is 24.3 Å². The molecule has 0 spiro atoms. The normalized spacial score (nSPS) is 22.0. The zero-order valence-corrected chi connectivity index (χ0v) is 38.3. The van der Waals surface area contributed by atoms with E-state index in [1.165, 1.54) is 7.11 Å². The van der Waals surface area contributed by atoms with Gasteiger partial charge < -0.3 is 50.0 Å². The lowest BCUT2D eigenvalue weighted by Crippen LogP contribution is -2.51. The smallest absolute Gasteiger partial charge is 0.407 e. The highest BCUT2D eigenvalue weighted by Gasteiger charge is 2.41. The predicted molar refractivity (Wildman–Crippen MR) is 249 cm³/mol. The molecule has 66 heavy (non-hydrogen) atoms. The number of fused-ring (bicyclic) bond motifs is 2. The number of carboxylic acid groups (broad SMARTS) is 1. The maximum Gasteiger partial charge on any atom is 0.407 e. The third-order valence-electron chi connectivity index (χ3n) is 14.2. The Bertz CT molecular complexity index is 2620. The Kier molecular flexibility index (Phi) is 12.5. The Labute approximate surface area is 383 Å². The summed E-state index contributed by atoms with van der Waals surface area (Å²) in [6, 6.07) is 15.7. The largest absolute Gasteiger partial charge is 0.465 e. The van der Waals surface area contributed by atoms with Gasteiger partial charge in [0, 0.05) is 31.9 Å². The molecule has 3 aromatic carbocycles. The minimum absolute atomic E-state index is 0.108. The highest BCUT2D eigenvalue weighted by Crippen LogP contribution is 2.48. The molecule has 0 bridgehead atoms. The molecule has 6 atom stereocenters. The molecule has 4 aliphatic rings. The molecule has 0 aliphatic carbocycles. The number of H-pyrrole nitrogens is 2. The molecule has 0 saturated carbocycles. The van der Waals surface area contributed by atoms with Crippen molar-refractivity contribution in [2.75, 3.05) is 43.1 Å². The maximum atomic E-state index is 16.2. The number of nitrogens with one attached hydrogen (secondary N) is 4. The zero-order valence-electron chi connectivity index (χ0n) is 38.3. The molecular formula is C49H61FN10O6. The van der Waals surface area contributed by atoms with Crippen molar-refractivity contribution in [1.82, 2.24) is 40.4 Å². The molecule has 16 nitrogen and oxygen atoms in total. The van der Waals surface area contributed by atoms with Gasteiger partial charge in [-0.25, -0.2) is 23.9 Å². The number of anilines is 2. The average molecular weight is 905 g/mol. The van der Waals surface area contributed by atoms with Crippen molar-refractivity contribution in [2.24, 2.45) is 11.8 Å². The van der Waals surface area contributed by atoms with Crippen molar-refractivity contribution in [1.29, 1.82) is 0 Å². The lowest BCUT2D eigenvalue weighted by Gasteiger charge is -2.34. The van der Waals surface area contributed by atoms with Gasteiger partial charge in [-0.05, 0) is 117 Å². The summed E-state index contributed by atoms with van der Waals surface area (Å²) >= 11 is 0. The fourth-order valence-corrected chi connectivity index (χ4v) is 10.9. The van der Waals surface area contributed by atoms with E-state index < -0.39 is 24.3 Å². The summed E-state index contributed by atoms with van der Waals surface area (Å²) in [5.41, 5.74) is 6.74. The van der Waals surface area contributed by atoms with Crippen LogP contribution in [0.4, 0.5) is 25.4 Å². The van der Waals surface area contributed by atoms with E-state index in [1.54, 1.807) is 11.0 Å². The minimum Gasteiger partial charge on any atom is -0.465 e. The second-order valence-corrected chi connectivity index (χ2v) is 19.1. The number of likely N-dealkylation sites (tertiary alicyclic amines) is 2. The SMILES string of the molecule is COC(=O)N[C@H](C(=O)N1CCC[C@H]1c1nc2ccc([C@H]3CC[C@H](c4ccc5nc([C@@H]6CCCN6C(=O)[C@@H](NC(=O)O)C(C)C)[nH]c5c4)N3c3ccc(N4CCCC4)c(F)c3)cc2[nH]1)C(C)C. The molecule has 5 aromatic rings. The average Bonchev–Trinajstić information content (AvgIpc) is 4.16. The van der Waals surface area contributed by atoms with E-state index >= 15 is 4.39 Å². The molecular weight excluding hydrogens is 844 g/mol. The number of amides is 4. The van der Waals surface area contributed by atoms with E-state index in [1.807, 2.05) is 56.9 Å². The molecule has 6 heterocycles. The fraction of sp³-hybridized carbons (Fsp3) is 0.510. The number of aromatic amines is 2. The molecule has 17 heteroatoms. The van der Waals surface area contributed by atoms with Gasteiger partial charge >= 0.3 is 12.2 Å². The lowest BCUT2D eigenvalue weighted by molar-refractivity contribution is -0.136. The van der Waals surface area contributed by atoms with Crippen LogP contribution in [0.15, 0.2) is 54.6 Å². The van der Waals surface area contributed by atoms with Crippen LogP contribution in [0, 0.1) is 17.7 Å². The standard InChI is InChI=1S/C49H61FN10O6/c1-27(2)42(55-48(63)64)46(61)58-22-8-10-40(58)44-51-33-15-12-29(24-35(33)53-44)37-18-19-38(60(37)31-14-17-39(32(50)26-31)57-20-6-7-21-57)30-13-16-34-36(25-30)54-45(52-34)41-11-9-23-59(41)47(62)43(28(3)4)56-49(65)66-5/h12-17,24-28,37-38,40-43,55H,6-11,18-23H2,1-5H3,(H,51,53)(H,52,54)(H,56,65)(H,63,64)/t37-,38-,40+,41+,42+,43+/m1/s1. The van der Waals surface area contributed by atoms with E-state index in [4.69, 9.17) is 14.7 Å². The van der Waals surface area contributed by atoms with Gasteiger partial charge in [-0.2, -0.15) is 0 Å². The summed E-state index contributed by atoms with van der Waals surface area (Å²) in [6.45, 7) is 10.2. The van der Waals surface area contributed by atoms with Crippen LogP contribution < -0.4 is 20.4 Å². The number of nitrogens with zero attached hydrogens (tertiary/aromatic N) is 6. The Balaban J connectivity index is 1.02. The maximum absolute atomic E-state index is 16.2. The Morgan fingerprint density at radius 1 is 0.682 bits per heavy atom. The van der Waals surface area contributed by atoms with Gasteiger partial charge in [0.25, 0.3) is 0 Å². The molecule has 0 unspecified atom stereocenters. The van der Waals surface area contributed by atoms with Gasteiger partial charge in [0.15, 0.2) is 0 Å². The summed E-state index contributed by atoms with van der Waals surface area (Å²) in [5.74, 6) is 0.331. The number of imidazole rings is 2. The van der Waals surface area contributed by atoms with Crippen molar-refractivity contribution in [3.05, 3.63) is 83.2 Å². The Morgan fingerprint density at radius 2 is 1.20 bits per heavy atom. The summed E-state index contributed by atoms with van der Waals surface area (Å²) in [5, 5.41) is 14.6. The monoisotopic (exact) mass is 904 g/mol. The quantitative estimate of drug-likeness (QED) is 0.0815. The molecule has 4 aliphatic heterocycles. The number of halogens is 1. The van der Waals surface area contributed by atoms with Gasteiger partial charge in [0.2, 0.25) is 11.8 Å². The summed E-state index contributed by atoms with van der Waals surface area (Å²) in [6.07, 6.45) is 4.85. The first kappa shape index (κ1) is 44.8. The van der Waals surface area contributed by atoms with Crippen LogP contribution in [0.3, 0.4) is 0 Å². The number of aromatic nitrogens is 4. The van der Waals surface area contributed by atoms with Crippen LogP contribution in [-0.2, 0) is 14.3 Å². The topological polar surface area (TPSA) is 192 Å². The first-order chi connectivity index (χ1) is 31.8. The summed E-state index contributed by atoms with van der Waals surface area (Å²) in [7, 11) is 1.29. The fourth-order valence-electron chi connectivity index (χ4n) is 10.9. The number of benzene rings is 3. The lowest BCUT2D eigenvalue weighted by atomic mass is 10.0. The Hall–Kier alpha value is -6.39. The molecule has 0 radical (unpaired) electrons. The number of hydrogen-bond acceptors (Lipinski definition) is 9. The van der Waals surface area contributed by atoms with Crippen molar-refractivity contribution in [2.45, 2.75) is 115 Å². The Morgan fingerprint density at radius 3 is 1.67 bits per heavy atom. The molecule has 2 aromatic heterocycles. The van der Waals surface area contributed by atoms with Crippen LogP contribution in [-0.4, -0.2) is 104 Å². The first-order valence-electron chi connectivity index (χ1n) is 23.6. The summed E-state index contributed by atoms with van der Waals surface area (Å²) in [4.78, 5) is 76.4. The van der Waals surface area contributed by atoms with Gasteiger partial charge in [-0.15, -0.1) is 0 Å². The highest BCUT2D eigenvalue weighted by molar-refractivity contribution is 5.87. The highest BCUT2D eigenvalue weighted by atomic mass is 19.1. The van der Waals surface area contributed by atoms with Crippen LogP contribution in [0.5, 0.6) is 0 Å². The van der Waals surface area contributed by atoms with E-state index in [2.05, 4.69) is 54.7 Å². The second kappa shape index (κ2) is 18.5. The van der Waals surface area contributed by atoms with E-state index in [0.29, 0.717) is 36.8 Å². The molecule has 9 rings (SSSR count). The number of hydrogen-bond donors (Lipinski definition) is 5. The van der Waals surface area contributed by atoms with Crippen LogP contribution in [0.2, 0.25) is 0 Å². The van der Waals surface area contributed by atoms with Gasteiger partial charge in [-0.3, -0.25) is 9.59 Å². The van der Waals surface area contributed by atoms with E-state index in [-0.39, 0.29) is 53.6 Å². The number of rotatable bonds is 12. The van der Waals surface area contributed by atoms with Crippen molar-refractivity contribution >= 4 is 57.4 Å². The van der Waals surface area contributed by atoms with Gasteiger partial charge in [0.05, 0.1) is 59.0 Å². The second-order valence-electron chi connectivity index (χ2n) is 19.1. The third kappa shape index (κ3) is 8.59. The number of carbonyl (C=O) groups is 4. The first-order valence-corrected chi connectivity index (χ1v) is 23.6. The van der Waals surface area contributed by atoms with Crippen LogP contribution in [0.25, 0.3) is 22.1 Å². The van der Waals surface area contributed by atoms with Crippen molar-refractivity contribution < 1.29 is 33.4 Å². The summed E-state index contributed by atoms with van der Waals surface area (Å²) < 4.78 is 21.0. The minimum atomic E-state index is -1.23. The van der Waals surface area contributed by atoms with E-state index in [0.717, 1.165) is 96.9 Å². The molecule has 4 saturated heterocycles. The molecule has 5 N–H and O–H groups in total. The molecule has 4 amide bonds. The van der Waals surface area contributed by atoms with Crippen LogP contribution >= 0.6 is 0 Å². The predicted octanol–water partition coefficient (Wildman–Crippen LogP) is 8.26. The van der Waals surface area contributed by atoms with Crippen molar-refractivity contribution in [3.63, 3.8) is 0 Å². The van der Waals surface area contributed by atoms with Crippen LogP contribution in [0.1, 0.15) is 126 Å². The number of ether oxygens (including phenoxy) is 1. The number of methoxy groups -OCH3 is 1. The third-order valence-corrected chi connectivity index (χ3v) is 14.2. The van der Waals surface area contributed by atoms with Gasteiger partial charge in [0.1, 0.15) is 29.5 Å². The number of alkyl carbamates (subject to hydrolysis) is 1. The zero-order chi connectivity index (χ0) is 46.4. The molecule has 4 fully saturated rings. The van der Waals surface area contributed by atoms with Crippen molar-refractivity contribution in [3.8, 4) is 0 Å². The number of carbonyl (C=O) groups excluding carboxylic acids is 3. The molecule has 350 valence electrons. The van der Waals surface area contributed by atoms with Gasteiger partial charge in [-0.1, -0.05) is 39.8 Å².